The highest BCUT2D eigenvalue weighted by molar-refractivity contribution is 6.31. The van der Waals surface area contributed by atoms with Crippen molar-refractivity contribution in [3.63, 3.8) is 0 Å². The third-order valence-corrected chi connectivity index (χ3v) is 3.60. The highest BCUT2D eigenvalue weighted by atomic mass is 35.5. The summed E-state index contributed by atoms with van der Waals surface area (Å²) in [6.45, 7) is 0. The number of ether oxygens (including phenoxy) is 1. The van der Waals surface area contributed by atoms with Crippen LogP contribution >= 0.6 is 11.6 Å². The number of amides is 1. The Morgan fingerprint density at radius 3 is 2.90 bits per heavy atom. The Kier molecular flexibility index (Phi) is 3.51. The van der Waals surface area contributed by atoms with Crippen LogP contribution in [0.4, 0.5) is 5.69 Å². The van der Waals surface area contributed by atoms with Gasteiger partial charge < -0.3 is 10.1 Å². The molecule has 1 N–H and O–H groups in total. The molecule has 5 heteroatoms. The lowest BCUT2D eigenvalue weighted by molar-refractivity contribution is -0.116. The van der Waals surface area contributed by atoms with Crippen molar-refractivity contribution in [2.45, 2.75) is 12.8 Å². The summed E-state index contributed by atoms with van der Waals surface area (Å²) in [6.07, 6.45) is 1.15. The van der Waals surface area contributed by atoms with Gasteiger partial charge in [-0.2, -0.15) is 5.26 Å². The summed E-state index contributed by atoms with van der Waals surface area (Å²) >= 11 is 5.98. The first-order valence-corrected chi connectivity index (χ1v) is 6.84. The zero-order valence-electron chi connectivity index (χ0n) is 11.0. The minimum atomic E-state index is 0.0257. The first kappa shape index (κ1) is 13.5. The summed E-state index contributed by atoms with van der Waals surface area (Å²) in [5.41, 5.74) is 2.14. The molecule has 0 aromatic heterocycles. The maximum Gasteiger partial charge on any atom is 0.224 e. The van der Waals surface area contributed by atoms with E-state index in [0.717, 1.165) is 11.3 Å². The lowest BCUT2D eigenvalue weighted by Crippen LogP contribution is -2.18. The van der Waals surface area contributed by atoms with Gasteiger partial charge in [0.1, 0.15) is 23.1 Å². The van der Waals surface area contributed by atoms with Gasteiger partial charge in [0.15, 0.2) is 0 Å². The SMILES string of the molecule is N#Cc1c(Cl)cccc1Oc1ccc2c(c1)CCC(=O)N2. The number of hydrogen-bond acceptors (Lipinski definition) is 3. The fourth-order valence-corrected chi connectivity index (χ4v) is 2.46. The maximum atomic E-state index is 11.3. The number of anilines is 1. The van der Waals surface area contributed by atoms with E-state index in [9.17, 15) is 4.79 Å². The number of aryl methyl sites for hydroxylation is 1. The predicted octanol–water partition coefficient (Wildman–Crippen LogP) is 3.89. The fourth-order valence-electron chi connectivity index (χ4n) is 2.25. The van der Waals surface area contributed by atoms with Crippen LogP contribution in [0.3, 0.4) is 0 Å². The van der Waals surface area contributed by atoms with Gasteiger partial charge in [0.05, 0.1) is 5.02 Å². The van der Waals surface area contributed by atoms with Gasteiger partial charge in [-0.1, -0.05) is 17.7 Å². The van der Waals surface area contributed by atoms with Crippen LogP contribution < -0.4 is 10.1 Å². The average molecular weight is 299 g/mol. The van der Waals surface area contributed by atoms with Crippen molar-refractivity contribution in [2.75, 3.05) is 5.32 Å². The maximum absolute atomic E-state index is 11.3. The second-order valence-corrected chi connectivity index (χ2v) is 5.10. The van der Waals surface area contributed by atoms with Crippen LogP contribution in [0.25, 0.3) is 0 Å². The Balaban J connectivity index is 1.92. The van der Waals surface area contributed by atoms with E-state index in [4.69, 9.17) is 21.6 Å². The minimum absolute atomic E-state index is 0.0257. The van der Waals surface area contributed by atoms with Gasteiger partial charge in [0.25, 0.3) is 0 Å². The lowest BCUT2D eigenvalue weighted by Gasteiger charge is -2.17. The van der Waals surface area contributed by atoms with Crippen LogP contribution in [0.1, 0.15) is 17.5 Å². The number of carbonyl (C=O) groups is 1. The van der Waals surface area contributed by atoms with Crippen LogP contribution in [0.15, 0.2) is 36.4 Å². The summed E-state index contributed by atoms with van der Waals surface area (Å²) in [6, 6.07) is 12.6. The molecule has 0 saturated heterocycles. The van der Waals surface area contributed by atoms with Crippen LogP contribution in [0.2, 0.25) is 5.02 Å². The number of hydrogen-bond donors (Lipinski definition) is 1. The van der Waals surface area contributed by atoms with Crippen LogP contribution in [-0.2, 0) is 11.2 Å². The van der Waals surface area contributed by atoms with Gasteiger partial charge in [0.2, 0.25) is 5.91 Å². The molecule has 3 rings (SSSR count). The Morgan fingerprint density at radius 1 is 1.24 bits per heavy atom. The molecule has 2 aromatic rings. The molecule has 0 saturated carbocycles. The normalized spacial score (nSPS) is 13.0. The topological polar surface area (TPSA) is 62.1 Å². The molecule has 2 aromatic carbocycles. The smallest absolute Gasteiger partial charge is 0.224 e. The van der Waals surface area contributed by atoms with Crippen molar-refractivity contribution < 1.29 is 9.53 Å². The first-order chi connectivity index (χ1) is 10.2. The van der Waals surface area contributed by atoms with Crippen molar-refractivity contribution in [1.29, 1.82) is 5.26 Å². The monoisotopic (exact) mass is 298 g/mol. The quantitative estimate of drug-likeness (QED) is 0.915. The zero-order chi connectivity index (χ0) is 14.8. The summed E-state index contributed by atoms with van der Waals surface area (Å²) in [5.74, 6) is 1.06. The van der Waals surface area contributed by atoms with Crippen molar-refractivity contribution >= 4 is 23.2 Å². The third-order valence-electron chi connectivity index (χ3n) is 3.29. The number of nitriles is 1. The Hall–Kier alpha value is -2.51. The molecule has 0 radical (unpaired) electrons. The highest BCUT2D eigenvalue weighted by Crippen LogP contribution is 2.32. The number of carbonyl (C=O) groups excluding carboxylic acids is 1. The lowest BCUT2D eigenvalue weighted by atomic mass is 10.0. The summed E-state index contributed by atoms with van der Waals surface area (Å²) in [4.78, 5) is 11.3. The Morgan fingerprint density at radius 2 is 2.10 bits per heavy atom. The molecule has 21 heavy (non-hydrogen) atoms. The summed E-state index contributed by atoms with van der Waals surface area (Å²) in [5, 5.41) is 12.3. The molecule has 0 atom stereocenters. The minimum Gasteiger partial charge on any atom is -0.456 e. The fraction of sp³-hybridized carbons (Fsp3) is 0.125. The van der Waals surface area contributed by atoms with E-state index in [1.165, 1.54) is 0 Å². The van der Waals surface area contributed by atoms with Crippen molar-refractivity contribution in [3.8, 4) is 17.6 Å². The largest absolute Gasteiger partial charge is 0.456 e. The highest BCUT2D eigenvalue weighted by Gasteiger charge is 2.16. The molecule has 0 aliphatic carbocycles. The van der Waals surface area contributed by atoms with Gasteiger partial charge >= 0.3 is 0 Å². The second-order valence-electron chi connectivity index (χ2n) is 4.69. The van der Waals surface area contributed by atoms with E-state index < -0.39 is 0 Å². The number of nitrogens with one attached hydrogen (secondary N) is 1. The number of rotatable bonds is 2. The summed E-state index contributed by atoms with van der Waals surface area (Å²) < 4.78 is 5.75. The third kappa shape index (κ3) is 2.69. The van der Waals surface area contributed by atoms with Crippen molar-refractivity contribution in [2.24, 2.45) is 0 Å². The standard InChI is InChI=1S/C16H11ClN2O2/c17-13-2-1-3-15(12(13)9-18)21-11-5-6-14-10(8-11)4-7-16(20)19-14/h1-3,5-6,8H,4,7H2,(H,19,20). The van der Waals surface area contributed by atoms with Crippen molar-refractivity contribution in [3.05, 3.63) is 52.5 Å². The Labute approximate surface area is 126 Å². The Bertz CT molecular complexity index is 765. The number of halogens is 1. The second kappa shape index (κ2) is 5.47. The zero-order valence-corrected chi connectivity index (χ0v) is 11.8. The van der Waals surface area contributed by atoms with E-state index in [2.05, 4.69) is 5.32 Å². The molecule has 1 aliphatic heterocycles. The number of fused-ring (bicyclic) bond motifs is 1. The van der Waals surface area contributed by atoms with Gasteiger partial charge in [-0.05, 0) is 42.3 Å². The molecular weight excluding hydrogens is 288 g/mol. The van der Waals surface area contributed by atoms with Crippen LogP contribution in [0.5, 0.6) is 11.5 Å². The van der Waals surface area contributed by atoms with E-state index in [1.807, 2.05) is 12.1 Å². The molecule has 0 bridgehead atoms. The van der Waals surface area contributed by atoms with Gasteiger partial charge in [-0.15, -0.1) is 0 Å². The van der Waals surface area contributed by atoms with Crippen molar-refractivity contribution in [1.82, 2.24) is 0 Å². The van der Waals surface area contributed by atoms with Gasteiger partial charge in [0, 0.05) is 12.1 Å². The van der Waals surface area contributed by atoms with E-state index in [1.54, 1.807) is 30.3 Å². The van der Waals surface area contributed by atoms with Crippen LogP contribution in [0, 0.1) is 11.3 Å². The van der Waals surface area contributed by atoms with Gasteiger partial charge in [-0.25, -0.2) is 0 Å². The molecule has 1 amide bonds. The summed E-state index contributed by atoms with van der Waals surface area (Å²) in [7, 11) is 0. The number of benzene rings is 2. The van der Waals surface area contributed by atoms with E-state index in [0.29, 0.717) is 34.9 Å². The molecule has 104 valence electrons. The molecular formula is C16H11ClN2O2. The molecule has 0 fully saturated rings. The van der Waals surface area contributed by atoms with E-state index in [-0.39, 0.29) is 5.91 Å². The molecule has 4 nitrogen and oxygen atoms in total. The molecule has 1 aliphatic rings. The number of nitrogens with zero attached hydrogens (tertiary/aromatic N) is 1. The first-order valence-electron chi connectivity index (χ1n) is 6.46. The molecule has 0 unspecified atom stereocenters. The predicted molar refractivity (Wildman–Crippen MR) is 79.6 cm³/mol. The average Bonchev–Trinajstić information content (AvgIpc) is 2.48. The van der Waals surface area contributed by atoms with Gasteiger partial charge in [-0.3, -0.25) is 4.79 Å². The molecule has 0 spiro atoms. The van der Waals surface area contributed by atoms with Crippen LogP contribution in [-0.4, -0.2) is 5.91 Å². The molecule has 1 heterocycles. The van der Waals surface area contributed by atoms with E-state index >= 15 is 0 Å².